The molecule has 7 nitrogen and oxygen atoms in total. The standard InChI is InChI=1S/C34H37ClF3N5O2S.H2S/c1-4-29(44)41-15-19(3)42(16-18(41)2)33-24-12-25(35)30(23-13-27(37)28(38)14-26(23)36)32-31(24)43(34(45)39-33)22(17-46-32)11-20-7-9-40(10-8-20)21-5-6-21;/h4,12-14,18-22H,1,5-11,15-17H2,2-3H3;1H2/t18-,19+,22+;/m1./s1. The Morgan fingerprint density at radius 1 is 1.04 bits per heavy atom. The van der Waals surface area contributed by atoms with E-state index in [-0.39, 0.29) is 53.7 Å². The Balaban J connectivity index is 0.00000386. The third kappa shape index (κ3) is 6.19. The van der Waals surface area contributed by atoms with Crippen molar-refractivity contribution in [2.75, 3.05) is 36.8 Å². The highest BCUT2D eigenvalue weighted by Crippen LogP contribution is 2.49. The Labute approximate surface area is 288 Å². The first-order valence-corrected chi connectivity index (χ1v) is 17.4. The number of halogens is 4. The number of aromatic nitrogens is 2. The highest BCUT2D eigenvalue weighted by Gasteiger charge is 2.38. The van der Waals surface area contributed by atoms with Gasteiger partial charge in [0.1, 0.15) is 11.6 Å². The summed E-state index contributed by atoms with van der Waals surface area (Å²) in [5.74, 6) is -2.12. The van der Waals surface area contributed by atoms with E-state index in [1.807, 2.05) is 18.7 Å². The minimum absolute atomic E-state index is 0. The lowest BCUT2D eigenvalue weighted by atomic mass is 9.90. The van der Waals surface area contributed by atoms with Crippen molar-refractivity contribution in [1.82, 2.24) is 19.4 Å². The van der Waals surface area contributed by atoms with E-state index in [4.69, 9.17) is 11.6 Å². The Bertz CT molecular complexity index is 1800. The second-order valence-electron chi connectivity index (χ2n) is 13.2. The maximum atomic E-state index is 15.3. The molecule has 0 unspecified atom stereocenters. The van der Waals surface area contributed by atoms with Crippen LogP contribution < -0.4 is 10.6 Å². The summed E-state index contributed by atoms with van der Waals surface area (Å²) < 4.78 is 45.5. The van der Waals surface area contributed by atoms with Crippen molar-refractivity contribution in [3.05, 3.63) is 63.8 Å². The number of carbonyl (C=O) groups is 1. The second kappa shape index (κ2) is 13.3. The largest absolute Gasteiger partial charge is 0.350 e. The molecule has 1 saturated carbocycles. The number of hydrogen-bond donors (Lipinski definition) is 0. The van der Waals surface area contributed by atoms with Gasteiger partial charge in [0.15, 0.2) is 11.6 Å². The Morgan fingerprint density at radius 2 is 1.74 bits per heavy atom. The number of amides is 1. The van der Waals surface area contributed by atoms with E-state index in [0.717, 1.165) is 44.5 Å². The molecule has 0 spiro atoms. The first kappa shape index (κ1) is 34.2. The smallest absolute Gasteiger partial charge is 0.349 e. The van der Waals surface area contributed by atoms with Crippen LogP contribution in [0.5, 0.6) is 0 Å². The molecule has 3 fully saturated rings. The number of carbonyl (C=O) groups excluding carboxylic acids is 1. The van der Waals surface area contributed by atoms with Crippen molar-refractivity contribution in [3.8, 4) is 11.1 Å². The zero-order valence-electron chi connectivity index (χ0n) is 26.4. The van der Waals surface area contributed by atoms with Crippen molar-refractivity contribution >= 4 is 59.5 Å². The predicted molar refractivity (Wildman–Crippen MR) is 187 cm³/mol. The highest BCUT2D eigenvalue weighted by atomic mass is 35.5. The molecular formula is C34H39ClF3N5O2S2. The summed E-state index contributed by atoms with van der Waals surface area (Å²) in [6.07, 6.45) is 6.83. The van der Waals surface area contributed by atoms with Crippen LogP contribution in [0.2, 0.25) is 5.02 Å². The molecule has 0 N–H and O–H groups in total. The molecule has 0 bridgehead atoms. The Kier molecular flexibility index (Phi) is 9.70. The predicted octanol–water partition coefficient (Wildman–Crippen LogP) is 6.77. The molecule has 7 rings (SSSR count). The van der Waals surface area contributed by atoms with Crippen LogP contribution in [0.1, 0.15) is 52.0 Å². The molecule has 3 atom stereocenters. The van der Waals surface area contributed by atoms with Crippen molar-refractivity contribution in [1.29, 1.82) is 0 Å². The summed E-state index contributed by atoms with van der Waals surface area (Å²) >= 11 is 8.37. The SMILES string of the molecule is C=CC(=O)N1C[C@H](C)N(c2nc(=O)n3c4c(c(-c5cc(F)c(F)cc5F)c(Cl)cc24)SC[C@@H]3CC2CCN(C3CC3)CC2)C[C@H]1C.S. The fourth-order valence-corrected chi connectivity index (χ4v) is 9.36. The molecule has 1 aromatic heterocycles. The van der Waals surface area contributed by atoms with Gasteiger partial charge in [-0.2, -0.15) is 18.5 Å². The molecular weight excluding hydrogens is 667 g/mol. The van der Waals surface area contributed by atoms with Crippen LogP contribution in [0.3, 0.4) is 0 Å². The van der Waals surface area contributed by atoms with Crippen molar-refractivity contribution < 1.29 is 18.0 Å². The topological polar surface area (TPSA) is 61.7 Å². The summed E-state index contributed by atoms with van der Waals surface area (Å²) in [6, 6.07) is 3.26. The van der Waals surface area contributed by atoms with Crippen LogP contribution in [0.15, 0.2) is 40.5 Å². The maximum Gasteiger partial charge on any atom is 0.350 e. The number of benzene rings is 2. The van der Waals surface area contributed by atoms with E-state index in [0.29, 0.717) is 52.4 Å². The second-order valence-corrected chi connectivity index (χ2v) is 14.7. The number of anilines is 1. The van der Waals surface area contributed by atoms with E-state index >= 15 is 4.39 Å². The molecule has 2 aromatic carbocycles. The molecule has 1 aliphatic carbocycles. The minimum Gasteiger partial charge on any atom is -0.349 e. The van der Waals surface area contributed by atoms with Crippen LogP contribution in [0.4, 0.5) is 19.0 Å². The van der Waals surface area contributed by atoms with E-state index in [2.05, 4.69) is 16.5 Å². The van der Waals surface area contributed by atoms with Crippen LogP contribution in [0.25, 0.3) is 22.0 Å². The van der Waals surface area contributed by atoms with Crippen molar-refractivity contribution in [3.63, 3.8) is 0 Å². The molecule has 4 heterocycles. The van der Waals surface area contributed by atoms with Gasteiger partial charge >= 0.3 is 5.69 Å². The summed E-state index contributed by atoms with van der Waals surface area (Å²) in [4.78, 5) is 38.2. The number of thioether (sulfide) groups is 1. The highest BCUT2D eigenvalue weighted by molar-refractivity contribution is 7.99. The van der Waals surface area contributed by atoms with Gasteiger partial charge in [-0.15, -0.1) is 11.8 Å². The third-order valence-electron chi connectivity index (χ3n) is 10.2. The van der Waals surface area contributed by atoms with Crippen LogP contribution in [0, 0.1) is 23.4 Å². The number of hydrogen-bond acceptors (Lipinski definition) is 6. The van der Waals surface area contributed by atoms with Crippen molar-refractivity contribution in [2.45, 2.75) is 75.0 Å². The minimum atomic E-state index is -1.28. The van der Waals surface area contributed by atoms with Gasteiger partial charge in [0.2, 0.25) is 5.91 Å². The average Bonchev–Trinajstić information content (AvgIpc) is 3.88. The Hall–Kier alpha value is -2.67. The number of piperidine rings is 1. The molecule has 1 amide bonds. The fraction of sp³-hybridized carbons (Fsp3) is 0.500. The molecule has 47 heavy (non-hydrogen) atoms. The normalized spacial score (nSPS) is 23.6. The molecule has 13 heteroatoms. The molecule has 252 valence electrons. The van der Waals surface area contributed by atoms with Crippen molar-refractivity contribution in [2.24, 2.45) is 5.92 Å². The summed E-state index contributed by atoms with van der Waals surface area (Å²) in [5, 5.41) is 0.787. The summed E-state index contributed by atoms with van der Waals surface area (Å²) in [5.41, 5.74) is 0.252. The van der Waals surface area contributed by atoms with Gasteiger partial charge in [-0.25, -0.2) is 18.0 Å². The average molecular weight is 706 g/mol. The lowest BCUT2D eigenvalue weighted by Gasteiger charge is -2.45. The van der Waals surface area contributed by atoms with Gasteiger partial charge < -0.3 is 14.7 Å². The first-order chi connectivity index (χ1) is 22.0. The first-order valence-electron chi connectivity index (χ1n) is 16.1. The molecule has 2 saturated heterocycles. The third-order valence-corrected chi connectivity index (χ3v) is 11.7. The van der Waals surface area contributed by atoms with Gasteiger partial charge in [-0.05, 0) is 83.2 Å². The molecule has 3 aromatic rings. The van der Waals surface area contributed by atoms with Gasteiger partial charge in [0.25, 0.3) is 0 Å². The monoisotopic (exact) mass is 705 g/mol. The summed E-state index contributed by atoms with van der Waals surface area (Å²) in [7, 11) is 0. The van der Waals surface area contributed by atoms with E-state index < -0.39 is 23.1 Å². The Morgan fingerprint density at radius 3 is 2.43 bits per heavy atom. The number of nitrogens with zero attached hydrogens (tertiary/aromatic N) is 5. The zero-order valence-corrected chi connectivity index (χ0v) is 29.0. The quantitative estimate of drug-likeness (QED) is 0.209. The lowest BCUT2D eigenvalue weighted by molar-refractivity contribution is -0.128. The van der Waals surface area contributed by atoms with E-state index in [1.54, 1.807) is 15.5 Å². The number of piperazine rings is 1. The van der Waals surface area contributed by atoms with E-state index in [9.17, 15) is 18.4 Å². The van der Waals surface area contributed by atoms with Gasteiger partial charge in [0, 0.05) is 70.5 Å². The molecule has 3 aliphatic heterocycles. The maximum absolute atomic E-state index is 15.3. The van der Waals surface area contributed by atoms with Crippen LogP contribution in [-0.2, 0) is 4.79 Å². The molecule has 4 aliphatic rings. The zero-order chi connectivity index (χ0) is 32.4. The lowest BCUT2D eigenvalue weighted by Crippen LogP contribution is -2.58. The fourth-order valence-electron chi connectivity index (χ4n) is 7.64. The van der Waals surface area contributed by atoms with E-state index in [1.165, 1.54) is 30.7 Å². The number of likely N-dealkylation sites (tertiary alicyclic amines) is 1. The van der Waals surface area contributed by atoms with Crippen LogP contribution in [-0.4, -0.2) is 75.3 Å². The van der Waals surface area contributed by atoms with Gasteiger partial charge in [0.05, 0.1) is 10.5 Å². The van der Waals surface area contributed by atoms with Gasteiger partial charge in [-0.3, -0.25) is 9.36 Å². The van der Waals surface area contributed by atoms with Gasteiger partial charge in [-0.1, -0.05) is 18.2 Å². The van der Waals surface area contributed by atoms with Crippen LogP contribution >= 0.6 is 36.9 Å². The summed E-state index contributed by atoms with van der Waals surface area (Å²) in [6.45, 7) is 10.5. The number of rotatable bonds is 6. The molecule has 0 radical (unpaired) electrons.